The Kier molecular flexibility index (Phi) is 5.54. The summed E-state index contributed by atoms with van der Waals surface area (Å²) in [6, 6.07) is 13.1. The number of benzene rings is 1. The molecular weight excluding hydrogens is 340 g/mol. The number of imidazole rings is 1. The molecule has 0 saturated carbocycles. The molecule has 6 heteroatoms. The first-order valence-electron chi connectivity index (χ1n) is 9.15. The van der Waals surface area contributed by atoms with Crippen LogP contribution in [-0.4, -0.2) is 27.7 Å². The molecule has 140 valence electrons. The standard InChI is InChI=1S/C21H24N4O2/c1-4-15-9-5-6-10-16(15)23-20(26)18-17-11-7-8-12-25(17)19(24-18)21(27)22-13-14(2)3/h5-12,14H,4,13H2,1-3H3,(H,22,27)(H,23,26). The van der Waals surface area contributed by atoms with Gasteiger partial charge in [0.1, 0.15) is 0 Å². The molecule has 2 amide bonds. The van der Waals surface area contributed by atoms with Gasteiger partial charge in [-0.2, -0.15) is 0 Å². The minimum atomic E-state index is -0.331. The van der Waals surface area contributed by atoms with Gasteiger partial charge in [-0.25, -0.2) is 4.98 Å². The lowest BCUT2D eigenvalue weighted by molar-refractivity contribution is 0.0938. The molecule has 0 aliphatic carbocycles. The molecular formula is C21H24N4O2. The van der Waals surface area contributed by atoms with Crippen LogP contribution in [0.25, 0.3) is 5.52 Å². The number of aryl methyl sites for hydroxylation is 1. The average Bonchev–Trinajstić information content (AvgIpc) is 3.06. The van der Waals surface area contributed by atoms with Crippen LogP contribution < -0.4 is 10.6 Å². The van der Waals surface area contributed by atoms with Crippen LogP contribution in [0.1, 0.15) is 47.4 Å². The van der Waals surface area contributed by atoms with Gasteiger partial charge in [-0.3, -0.25) is 14.0 Å². The van der Waals surface area contributed by atoms with Crippen LogP contribution in [0.2, 0.25) is 0 Å². The molecule has 0 fully saturated rings. The molecule has 0 saturated heterocycles. The Morgan fingerprint density at radius 3 is 2.56 bits per heavy atom. The van der Waals surface area contributed by atoms with Crippen LogP contribution in [0.3, 0.4) is 0 Å². The van der Waals surface area contributed by atoms with Crippen molar-refractivity contribution in [1.29, 1.82) is 0 Å². The molecule has 3 rings (SSSR count). The number of aromatic nitrogens is 2. The number of fused-ring (bicyclic) bond motifs is 1. The summed E-state index contributed by atoms with van der Waals surface area (Å²) >= 11 is 0. The Bertz CT molecular complexity index is 975. The van der Waals surface area contributed by atoms with Gasteiger partial charge in [-0.15, -0.1) is 0 Å². The third kappa shape index (κ3) is 4.00. The molecule has 6 nitrogen and oxygen atoms in total. The summed E-state index contributed by atoms with van der Waals surface area (Å²) in [4.78, 5) is 29.8. The van der Waals surface area contributed by atoms with E-state index in [1.165, 1.54) is 0 Å². The molecule has 0 aliphatic heterocycles. The van der Waals surface area contributed by atoms with E-state index in [9.17, 15) is 9.59 Å². The molecule has 0 aliphatic rings. The van der Waals surface area contributed by atoms with Gasteiger partial charge in [0.25, 0.3) is 11.8 Å². The van der Waals surface area contributed by atoms with E-state index in [1.807, 2.05) is 57.2 Å². The van der Waals surface area contributed by atoms with Crippen molar-refractivity contribution in [2.75, 3.05) is 11.9 Å². The van der Waals surface area contributed by atoms with Gasteiger partial charge in [0.05, 0.1) is 5.52 Å². The molecule has 2 aromatic heterocycles. The first-order chi connectivity index (χ1) is 13.0. The van der Waals surface area contributed by atoms with Crippen LogP contribution in [0, 0.1) is 5.92 Å². The third-order valence-electron chi connectivity index (χ3n) is 4.28. The first-order valence-corrected chi connectivity index (χ1v) is 9.15. The van der Waals surface area contributed by atoms with Crippen LogP contribution in [-0.2, 0) is 6.42 Å². The van der Waals surface area contributed by atoms with Crippen molar-refractivity contribution in [3.05, 3.63) is 65.7 Å². The first kappa shape index (κ1) is 18.6. The van der Waals surface area contributed by atoms with Gasteiger partial charge < -0.3 is 10.6 Å². The van der Waals surface area contributed by atoms with Gasteiger partial charge in [-0.05, 0) is 36.1 Å². The number of nitrogens with zero attached hydrogens (tertiary/aromatic N) is 2. The number of pyridine rings is 1. The Hall–Kier alpha value is -3.15. The SMILES string of the molecule is CCc1ccccc1NC(=O)c1nc(C(=O)NCC(C)C)n2ccccc12. The van der Waals surface area contributed by atoms with Crippen LogP contribution >= 0.6 is 0 Å². The number of rotatable bonds is 6. The van der Waals surface area contributed by atoms with Crippen LogP contribution in [0.4, 0.5) is 5.69 Å². The van der Waals surface area contributed by atoms with Crippen molar-refractivity contribution in [2.45, 2.75) is 27.2 Å². The topological polar surface area (TPSA) is 75.5 Å². The molecule has 3 aromatic rings. The maximum Gasteiger partial charge on any atom is 0.287 e. The summed E-state index contributed by atoms with van der Waals surface area (Å²) in [7, 11) is 0. The maximum atomic E-state index is 12.9. The normalized spacial score (nSPS) is 11.0. The fraction of sp³-hybridized carbons (Fsp3) is 0.286. The highest BCUT2D eigenvalue weighted by atomic mass is 16.2. The number of amides is 2. The Labute approximate surface area is 158 Å². The van der Waals surface area contributed by atoms with E-state index in [0.717, 1.165) is 17.7 Å². The van der Waals surface area contributed by atoms with Crippen molar-refractivity contribution in [3.63, 3.8) is 0 Å². The fourth-order valence-corrected chi connectivity index (χ4v) is 2.87. The Morgan fingerprint density at radius 2 is 1.81 bits per heavy atom. The highest BCUT2D eigenvalue weighted by Gasteiger charge is 2.21. The van der Waals surface area contributed by atoms with Gasteiger partial charge in [-0.1, -0.05) is 45.0 Å². The molecule has 2 heterocycles. The summed E-state index contributed by atoms with van der Waals surface area (Å²) in [5, 5.41) is 5.78. The summed E-state index contributed by atoms with van der Waals surface area (Å²) in [5.74, 6) is -0.0888. The van der Waals surface area contributed by atoms with Crippen LogP contribution in [0.5, 0.6) is 0 Å². The number of carbonyl (C=O) groups is 2. The van der Waals surface area contributed by atoms with E-state index in [1.54, 1.807) is 16.7 Å². The number of carbonyl (C=O) groups excluding carboxylic acids is 2. The molecule has 0 unspecified atom stereocenters. The fourth-order valence-electron chi connectivity index (χ4n) is 2.87. The number of anilines is 1. The lowest BCUT2D eigenvalue weighted by Gasteiger charge is -2.08. The number of nitrogens with one attached hydrogen (secondary N) is 2. The molecule has 0 bridgehead atoms. The predicted molar refractivity (Wildman–Crippen MR) is 106 cm³/mol. The number of para-hydroxylation sites is 1. The van der Waals surface area contributed by atoms with E-state index in [2.05, 4.69) is 15.6 Å². The molecule has 0 spiro atoms. The minimum absolute atomic E-state index is 0.208. The molecule has 0 radical (unpaired) electrons. The second-order valence-corrected chi connectivity index (χ2v) is 6.81. The van der Waals surface area contributed by atoms with Crippen molar-refractivity contribution in [2.24, 2.45) is 5.92 Å². The van der Waals surface area contributed by atoms with Gasteiger partial charge in [0.15, 0.2) is 5.69 Å². The minimum Gasteiger partial charge on any atom is -0.349 e. The van der Waals surface area contributed by atoms with Gasteiger partial charge in [0.2, 0.25) is 5.82 Å². The third-order valence-corrected chi connectivity index (χ3v) is 4.28. The van der Waals surface area contributed by atoms with Gasteiger partial charge in [0, 0.05) is 18.4 Å². The highest BCUT2D eigenvalue weighted by molar-refractivity contribution is 6.09. The maximum absolute atomic E-state index is 12.9. The molecule has 1 aromatic carbocycles. The van der Waals surface area contributed by atoms with E-state index in [4.69, 9.17) is 0 Å². The van der Waals surface area contributed by atoms with Crippen LogP contribution in [0.15, 0.2) is 48.7 Å². The zero-order valence-corrected chi connectivity index (χ0v) is 15.8. The van der Waals surface area contributed by atoms with Gasteiger partial charge >= 0.3 is 0 Å². The summed E-state index contributed by atoms with van der Waals surface area (Å²) < 4.78 is 1.65. The Morgan fingerprint density at radius 1 is 1.07 bits per heavy atom. The summed E-state index contributed by atoms with van der Waals surface area (Å²) in [6.45, 7) is 6.63. The predicted octanol–water partition coefficient (Wildman–Crippen LogP) is 3.53. The van der Waals surface area contributed by atoms with E-state index in [-0.39, 0.29) is 23.3 Å². The summed E-state index contributed by atoms with van der Waals surface area (Å²) in [5.41, 5.74) is 2.63. The van der Waals surface area contributed by atoms with Crippen molar-refractivity contribution in [1.82, 2.24) is 14.7 Å². The smallest absolute Gasteiger partial charge is 0.287 e. The second-order valence-electron chi connectivity index (χ2n) is 6.81. The van der Waals surface area contributed by atoms with E-state index < -0.39 is 0 Å². The lowest BCUT2D eigenvalue weighted by Crippen LogP contribution is -2.29. The summed E-state index contributed by atoms with van der Waals surface area (Å²) in [6.07, 6.45) is 2.55. The monoisotopic (exact) mass is 364 g/mol. The van der Waals surface area contributed by atoms with Crippen molar-refractivity contribution in [3.8, 4) is 0 Å². The quantitative estimate of drug-likeness (QED) is 0.702. The average molecular weight is 364 g/mol. The molecule has 27 heavy (non-hydrogen) atoms. The lowest BCUT2D eigenvalue weighted by atomic mass is 10.1. The molecule has 2 N–H and O–H groups in total. The van der Waals surface area contributed by atoms with E-state index >= 15 is 0 Å². The molecule has 0 atom stereocenters. The Balaban J connectivity index is 1.94. The van der Waals surface area contributed by atoms with Crippen molar-refractivity contribution < 1.29 is 9.59 Å². The van der Waals surface area contributed by atoms with E-state index in [0.29, 0.717) is 18.0 Å². The zero-order chi connectivity index (χ0) is 19.4. The number of hydrogen-bond donors (Lipinski definition) is 2. The van der Waals surface area contributed by atoms with Crippen molar-refractivity contribution >= 4 is 23.0 Å². The second kappa shape index (κ2) is 8.03. The zero-order valence-electron chi connectivity index (χ0n) is 15.8. The largest absolute Gasteiger partial charge is 0.349 e. The number of hydrogen-bond acceptors (Lipinski definition) is 3. The highest BCUT2D eigenvalue weighted by Crippen LogP contribution is 2.19.